The van der Waals surface area contributed by atoms with Gasteiger partial charge in [0.2, 0.25) is 5.91 Å². The van der Waals surface area contributed by atoms with Gasteiger partial charge in [-0.25, -0.2) is 0 Å². The molecule has 0 aliphatic carbocycles. The van der Waals surface area contributed by atoms with Gasteiger partial charge in [0, 0.05) is 37.4 Å². The third-order valence-corrected chi connectivity index (χ3v) is 5.42. The average molecular weight is 434 g/mol. The number of aromatic nitrogens is 1. The van der Waals surface area contributed by atoms with E-state index in [0.717, 1.165) is 17.8 Å². The number of benzene rings is 1. The number of alkyl halides is 3. The first-order chi connectivity index (χ1) is 14.7. The number of carbonyl (C=O) groups excluding carboxylic acids is 2. The second kappa shape index (κ2) is 8.18. The highest BCUT2D eigenvalue weighted by Crippen LogP contribution is 2.31. The van der Waals surface area contributed by atoms with E-state index in [4.69, 9.17) is 4.74 Å². The van der Waals surface area contributed by atoms with Crippen LogP contribution in [0, 0.1) is 0 Å². The number of piperazine rings is 1. The summed E-state index contributed by atoms with van der Waals surface area (Å²) in [7, 11) is 0. The Morgan fingerprint density at radius 2 is 2.00 bits per heavy atom. The zero-order valence-corrected chi connectivity index (χ0v) is 16.8. The number of pyridine rings is 1. The molecule has 31 heavy (non-hydrogen) atoms. The fraction of sp³-hybridized carbons (Fsp3) is 0.381. The van der Waals surface area contributed by atoms with E-state index >= 15 is 0 Å². The minimum atomic E-state index is -4.35. The monoisotopic (exact) mass is 434 g/mol. The summed E-state index contributed by atoms with van der Waals surface area (Å²) in [6.07, 6.45) is -2.73. The van der Waals surface area contributed by atoms with Gasteiger partial charge in [-0.05, 0) is 31.2 Å². The van der Waals surface area contributed by atoms with Crippen LogP contribution >= 0.6 is 0 Å². The quantitative estimate of drug-likeness (QED) is 0.746. The number of hydrogen-bond donors (Lipinski definition) is 1. The second-order valence-electron chi connectivity index (χ2n) is 7.68. The molecule has 164 valence electrons. The Morgan fingerprint density at radius 1 is 1.26 bits per heavy atom. The van der Waals surface area contributed by atoms with E-state index in [1.165, 1.54) is 18.3 Å². The maximum Gasteiger partial charge on any atom is 0.416 e. The molecule has 3 heterocycles. The Labute approximate surface area is 176 Å². The number of amides is 1. The molecule has 1 aromatic heterocycles. The number of ether oxygens (including phenoxy) is 1. The Morgan fingerprint density at radius 3 is 2.68 bits per heavy atom. The molecule has 1 N–H and O–H groups in total. The molecule has 2 aliphatic heterocycles. The third-order valence-electron chi connectivity index (χ3n) is 5.42. The Balaban J connectivity index is 1.31. The van der Waals surface area contributed by atoms with Crippen molar-refractivity contribution in [2.75, 3.05) is 36.4 Å². The number of hydrogen-bond acceptors (Lipinski definition) is 6. The summed E-state index contributed by atoms with van der Waals surface area (Å²) in [5.41, 5.74) is 1.06. The fourth-order valence-electron chi connectivity index (χ4n) is 3.77. The Kier molecular flexibility index (Phi) is 5.57. The van der Waals surface area contributed by atoms with Crippen molar-refractivity contribution in [2.45, 2.75) is 25.6 Å². The van der Waals surface area contributed by atoms with E-state index in [0.29, 0.717) is 36.8 Å². The number of nitrogens with zero attached hydrogens (tertiary/aromatic N) is 3. The van der Waals surface area contributed by atoms with Crippen LogP contribution in [0.1, 0.15) is 18.2 Å². The molecule has 10 heteroatoms. The van der Waals surface area contributed by atoms with Gasteiger partial charge in [-0.15, -0.1) is 0 Å². The third kappa shape index (κ3) is 4.79. The van der Waals surface area contributed by atoms with Crippen LogP contribution < -0.4 is 15.0 Å². The Hall–Kier alpha value is -3.14. The van der Waals surface area contributed by atoms with Gasteiger partial charge in [-0.3, -0.25) is 19.5 Å². The second-order valence-corrected chi connectivity index (χ2v) is 7.68. The summed E-state index contributed by atoms with van der Waals surface area (Å²) in [6, 6.07) is 6.73. The number of nitrogens with one attached hydrogen (secondary N) is 1. The van der Waals surface area contributed by atoms with E-state index in [1.807, 2.05) is 16.7 Å². The first-order valence-corrected chi connectivity index (χ1v) is 9.85. The lowest BCUT2D eigenvalue weighted by molar-refractivity contribution is -0.137. The van der Waals surface area contributed by atoms with Crippen LogP contribution in [0.15, 0.2) is 36.5 Å². The van der Waals surface area contributed by atoms with Gasteiger partial charge in [0.1, 0.15) is 0 Å². The molecule has 1 saturated heterocycles. The lowest BCUT2D eigenvalue weighted by Gasteiger charge is -2.40. The minimum Gasteiger partial charge on any atom is -0.424 e. The molecule has 1 fully saturated rings. The molecule has 0 unspecified atom stereocenters. The zero-order valence-electron chi connectivity index (χ0n) is 16.8. The van der Waals surface area contributed by atoms with Crippen LogP contribution in [0.3, 0.4) is 0 Å². The van der Waals surface area contributed by atoms with Gasteiger partial charge in [-0.1, -0.05) is 0 Å². The maximum atomic E-state index is 12.8. The van der Waals surface area contributed by atoms with Crippen molar-refractivity contribution < 1.29 is 27.5 Å². The molecule has 1 aromatic carbocycles. The normalized spacial score (nSPS) is 19.2. The number of rotatable bonds is 4. The van der Waals surface area contributed by atoms with Crippen LogP contribution in [0.2, 0.25) is 0 Å². The smallest absolute Gasteiger partial charge is 0.416 e. The predicted molar refractivity (Wildman–Crippen MR) is 107 cm³/mol. The summed E-state index contributed by atoms with van der Waals surface area (Å²) in [6.45, 7) is 3.92. The average Bonchev–Trinajstić information content (AvgIpc) is 3.08. The van der Waals surface area contributed by atoms with Crippen molar-refractivity contribution in [1.29, 1.82) is 0 Å². The molecule has 0 spiro atoms. The lowest BCUT2D eigenvalue weighted by atomic mass is 10.1. The van der Waals surface area contributed by atoms with E-state index < -0.39 is 11.7 Å². The van der Waals surface area contributed by atoms with Gasteiger partial charge in [0.25, 0.3) is 0 Å². The molecule has 1 amide bonds. The molecule has 7 nitrogen and oxygen atoms in total. The predicted octanol–water partition coefficient (Wildman–Crippen LogP) is 2.71. The first kappa shape index (κ1) is 21.1. The highest BCUT2D eigenvalue weighted by molar-refractivity contribution is 5.92. The van der Waals surface area contributed by atoms with Crippen molar-refractivity contribution in [1.82, 2.24) is 9.88 Å². The van der Waals surface area contributed by atoms with Crippen molar-refractivity contribution in [3.05, 3.63) is 47.8 Å². The topological polar surface area (TPSA) is 74.8 Å². The Bertz CT molecular complexity index is 994. The number of halogens is 3. The van der Waals surface area contributed by atoms with Gasteiger partial charge < -0.3 is 15.0 Å². The van der Waals surface area contributed by atoms with Crippen LogP contribution in [0.5, 0.6) is 5.75 Å². The van der Waals surface area contributed by atoms with Gasteiger partial charge >= 0.3 is 12.1 Å². The molecule has 0 radical (unpaired) electrons. The zero-order chi connectivity index (χ0) is 22.2. The van der Waals surface area contributed by atoms with Crippen molar-refractivity contribution in [3.8, 4) is 5.75 Å². The summed E-state index contributed by atoms with van der Waals surface area (Å²) in [4.78, 5) is 31.9. The summed E-state index contributed by atoms with van der Waals surface area (Å²) in [5.74, 6) is -0.229. The molecule has 1 atom stereocenters. The SMILES string of the molecule is C[C@@H]1CN(c2ccc(C(F)(F)F)cc2)CCN1CC(=O)Nc1cnc2c(c1)OC(=O)C2. The molecule has 2 aromatic rings. The van der Waals surface area contributed by atoms with Crippen LogP contribution in [-0.2, 0) is 22.2 Å². The van der Waals surface area contributed by atoms with E-state index in [2.05, 4.69) is 10.3 Å². The summed E-state index contributed by atoms with van der Waals surface area (Å²) >= 11 is 0. The molecular weight excluding hydrogens is 413 g/mol. The van der Waals surface area contributed by atoms with Gasteiger partial charge in [0.05, 0.1) is 36.1 Å². The molecule has 0 saturated carbocycles. The van der Waals surface area contributed by atoms with Crippen molar-refractivity contribution >= 4 is 23.3 Å². The summed E-state index contributed by atoms with van der Waals surface area (Å²) in [5, 5.41) is 2.76. The van der Waals surface area contributed by atoms with E-state index in [1.54, 1.807) is 6.07 Å². The van der Waals surface area contributed by atoms with Crippen LogP contribution in [-0.4, -0.2) is 54.0 Å². The lowest BCUT2D eigenvalue weighted by Crippen LogP contribution is -2.53. The fourth-order valence-corrected chi connectivity index (χ4v) is 3.77. The molecule has 0 bridgehead atoms. The maximum absolute atomic E-state index is 12.8. The largest absolute Gasteiger partial charge is 0.424 e. The van der Waals surface area contributed by atoms with Crippen LogP contribution in [0.25, 0.3) is 0 Å². The van der Waals surface area contributed by atoms with Gasteiger partial charge in [0.15, 0.2) is 5.75 Å². The highest BCUT2D eigenvalue weighted by atomic mass is 19.4. The molecule has 2 aliphatic rings. The molecular formula is C21H21F3N4O3. The number of carbonyl (C=O) groups is 2. The number of fused-ring (bicyclic) bond motifs is 1. The van der Waals surface area contributed by atoms with E-state index in [-0.39, 0.29) is 30.9 Å². The van der Waals surface area contributed by atoms with Gasteiger partial charge in [-0.2, -0.15) is 13.2 Å². The van der Waals surface area contributed by atoms with E-state index in [9.17, 15) is 22.8 Å². The molecule has 4 rings (SSSR count). The minimum absolute atomic E-state index is 0.0286. The summed E-state index contributed by atoms with van der Waals surface area (Å²) < 4.78 is 43.3. The van der Waals surface area contributed by atoms with Crippen molar-refractivity contribution in [2.24, 2.45) is 0 Å². The number of anilines is 2. The highest BCUT2D eigenvalue weighted by Gasteiger charge is 2.31. The standard InChI is InChI=1S/C21H21F3N4O3/c1-13-11-28(16-4-2-14(3-5-16)21(22,23)24)7-6-27(13)12-19(29)26-15-8-18-17(25-10-15)9-20(30)31-18/h2-5,8,10,13H,6-7,9,11-12H2,1H3,(H,26,29)/t13-/m1/s1. The first-order valence-electron chi connectivity index (χ1n) is 9.85. The van der Waals surface area contributed by atoms with Crippen LogP contribution in [0.4, 0.5) is 24.5 Å². The number of esters is 1. The van der Waals surface area contributed by atoms with Crippen molar-refractivity contribution in [3.63, 3.8) is 0 Å².